The van der Waals surface area contributed by atoms with Crippen molar-refractivity contribution in [2.75, 3.05) is 18.5 Å². The van der Waals surface area contributed by atoms with Gasteiger partial charge in [0.2, 0.25) is 0 Å². The first-order valence-electron chi connectivity index (χ1n) is 9.77. The van der Waals surface area contributed by atoms with Gasteiger partial charge in [-0.3, -0.25) is 14.3 Å². The van der Waals surface area contributed by atoms with Crippen LogP contribution in [0.15, 0.2) is 53.3 Å². The van der Waals surface area contributed by atoms with Crippen molar-refractivity contribution < 1.29 is 19.1 Å². The Labute approximate surface area is 180 Å². The number of nitrogens with one attached hydrogen (secondary N) is 1. The highest BCUT2D eigenvalue weighted by atomic mass is 16.6. The Hall–Kier alpha value is -3.81. The molecule has 0 unspecified atom stereocenters. The molecule has 0 fully saturated rings. The molecule has 1 aromatic heterocycles. The second-order valence-electron chi connectivity index (χ2n) is 7.20. The van der Waals surface area contributed by atoms with Crippen LogP contribution in [0.2, 0.25) is 0 Å². The molecule has 1 heterocycles. The first kappa shape index (κ1) is 21.9. The van der Waals surface area contributed by atoms with Crippen molar-refractivity contribution in [3.63, 3.8) is 0 Å². The molecular weight excluding hydrogens is 398 g/mol. The monoisotopic (exact) mass is 423 g/mol. The number of carbonyl (C=O) groups excluding carboxylic acids is 2. The molecule has 1 amide bonds. The van der Waals surface area contributed by atoms with Gasteiger partial charge in [0, 0.05) is 7.05 Å². The molecule has 3 rings (SSSR count). The quantitative estimate of drug-likeness (QED) is 0.590. The number of benzene rings is 2. The third-order valence-corrected chi connectivity index (χ3v) is 4.87. The summed E-state index contributed by atoms with van der Waals surface area (Å²) in [5, 5.41) is 2.54. The molecule has 0 aliphatic rings. The van der Waals surface area contributed by atoms with Crippen molar-refractivity contribution in [2.45, 2.75) is 20.8 Å². The average Bonchev–Trinajstić information content (AvgIpc) is 2.96. The smallest absolute Gasteiger partial charge is 0.344 e. The third-order valence-electron chi connectivity index (χ3n) is 4.87. The van der Waals surface area contributed by atoms with Gasteiger partial charge in [-0.2, -0.15) is 0 Å². The Morgan fingerprint density at radius 2 is 1.71 bits per heavy atom. The largest absolute Gasteiger partial charge is 0.482 e. The van der Waals surface area contributed by atoms with E-state index in [2.05, 4.69) is 5.32 Å². The van der Waals surface area contributed by atoms with E-state index in [0.29, 0.717) is 17.1 Å². The number of esters is 1. The van der Waals surface area contributed by atoms with Gasteiger partial charge >= 0.3 is 5.97 Å². The summed E-state index contributed by atoms with van der Waals surface area (Å²) in [6, 6.07) is 14.8. The topological polar surface area (TPSA) is 91.6 Å². The summed E-state index contributed by atoms with van der Waals surface area (Å²) >= 11 is 0. The summed E-state index contributed by atoms with van der Waals surface area (Å²) in [7, 11) is 1.73. The third kappa shape index (κ3) is 5.03. The van der Waals surface area contributed by atoms with Crippen molar-refractivity contribution in [3.8, 4) is 11.4 Å². The number of ether oxygens (including phenoxy) is 2. The zero-order chi connectivity index (χ0) is 22.5. The van der Waals surface area contributed by atoms with Crippen LogP contribution >= 0.6 is 0 Å². The van der Waals surface area contributed by atoms with Gasteiger partial charge in [0.25, 0.3) is 11.5 Å². The molecule has 0 aliphatic heterocycles. The predicted octanol–water partition coefficient (Wildman–Crippen LogP) is 2.66. The van der Waals surface area contributed by atoms with Crippen molar-refractivity contribution >= 4 is 17.6 Å². The van der Waals surface area contributed by atoms with Gasteiger partial charge in [-0.05, 0) is 50.1 Å². The molecule has 8 nitrogen and oxygen atoms in total. The fraction of sp³-hybridized carbons (Fsp3) is 0.261. The number of hydrogen-bond donors (Lipinski definition) is 1. The summed E-state index contributed by atoms with van der Waals surface area (Å²) in [6.45, 7) is 4.68. The van der Waals surface area contributed by atoms with Crippen LogP contribution in [-0.2, 0) is 21.4 Å². The summed E-state index contributed by atoms with van der Waals surface area (Å²) in [4.78, 5) is 37.0. The zero-order valence-electron chi connectivity index (χ0n) is 18.0. The molecule has 0 radical (unpaired) electrons. The lowest BCUT2D eigenvalue weighted by Gasteiger charge is -2.10. The van der Waals surface area contributed by atoms with E-state index in [4.69, 9.17) is 9.47 Å². The Kier molecular flexibility index (Phi) is 6.59. The van der Waals surface area contributed by atoms with Gasteiger partial charge in [-0.25, -0.2) is 9.48 Å². The van der Waals surface area contributed by atoms with Crippen molar-refractivity contribution in [3.05, 3.63) is 75.7 Å². The zero-order valence-corrected chi connectivity index (χ0v) is 18.0. The van der Waals surface area contributed by atoms with Gasteiger partial charge in [0.15, 0.2) is 13.2 Å². The standard InChI is InChI=1S/C23H25N3O5/c1-15-10-11-16(2)19(12-15)30-14-21(28)31-13-20(27)24-22-17(3)25(4)26(23(22)29)18-8-6-5-7-9-18/h5-12H,13-14H2,1-4H3,(H,24,27). The number of amides is 1. The van der Waals surface area contributed by atoms with Gasteiger partial charge in [-0.1, -0.05) is 30.3 Å². The van der Waals surface area contributed by atoms with Gasteiger partial charge in [0.05, 0.1) is 11.4 Å². The van der Waals surface area contributed by atoms with E-state index in [1.54, 1.807) is 30.8 Å². The van der Waals surface area contributed by atoms with Crippen molar-refractivity contribution in [2.24, 2.45) is 7.05 Å². The Morgan fingerprint density at radius 1 is 1.00 bits per heavy atom. The Morgan fingerprint density at radius 3 is 2.42 bits per heavy atom. The fourth-order valence-corrected chi connectivity index (χ4v) is 3.07. The number of carbonyl (C=O) groups is 2. The van der Waals surface area contributed by atoms with Crippen molar-refractivity contribution in [1.29, 1.82) is 0 Å². The molecule has 31 heavy (non-hydrogen) atoms. The molecule has 0 aliphatic carbocycles. The predicted molar refractivity (Wildman–Crippen MR) is 117 cm³/mol. The first-order chi connectivity index (χ1) is 14.8. The number of para-hydroxylation sites is 1. The molecule has 0 atom stereocenters. The minimum atomic E-state index is -0.678. The van der Waals surface area contributed by atoms with E-state index < -0.39 is 18.5 Å². The number of aromatic nitrogens is 2. The van der Waals surface area contributed by atoms with Crippen LogP contribution in [0.1, 0.15) is 16.8 Å². The molecule has 0 bridgehead atoms. The maximum atomic E-state index is 12.8. The van der Waals surface area contributed by atoms with E-state index in [0.717, 1.165) is 11.1 Å². The summed E-state index contributed by atoms with van der Waals surface area (Å²) < 4.78 is 13.6. The van der Waals surface area contributed by atoms with Crippen LogP contribution in [0.25, 0.3) is 5.69 Å². The Balaban J connectivity index is 1.59. The molecule has 3 aromatic rings. The van der Waals surface area contributed by atoms with E-state index in [1.807, 2.05) is 50.2 Å². The van der Waals surface area contributed by atoms with Gasteiger partial charge in [0.1, 0.15) is 11.4 Å². The van der Waals surface area contributed by atoms with E-state index in [9.17, 15) is 14.4 Å². The molecule has 0 saturated heterocycles. The van der Waals surface area contributed by atoms with Crippen LogP contribution in [0.5, 0.6) is 5.75 Å². The minimum Gasteiger partial charge on any atom is -0.482 e. The van der Waals surface area contributed by atoms with Gasteiger partial charge < -0.3 is 14.8 Å². The van der Waals surface area contributed by atoms with Crippen LogP contribution in [0.3, 0.4) is 0 Å². The first-order valence-corrected chi connectivity index (χ1v) is 9.77. The molecule has 0 spiro atoms. The molecule has 162 valence electrons. The fourth-order valence-electron chi connectivity index (χ4n) is 3.07. The summed E-state index contributed by atoms with van der Waals surface area (Å²) in [5.74, 6) is -0.698. The Bertz CT molecular complexity index is 1160. The van der Waals surface area contributed by atoms with Crippen molar-refractivity contribution in [1.82, 2.24) is 9.36 Å². The highest BCUT2D eigenvalue weighted by Crippen LogP contribution is 2.19. The highest BCUT2D eigenvalue weighted by Gasteiger charge is 2.19. The maximum absolute atomic E-state index is 12.8. The van der Waals surface area contributed by atoms with Crippen LogP contribution in [0.4, 0.5) is 5.69 Å². The van der Waals surface area contributed by atoms with Crippen LogP contribution < -0.4 is 15.6 Å². The highest BCUT2D eigenvalue weighted by molar-refractivity contribution is 5.93. The normalized spacial score (nSPS) is 10.6. The maximum Gasteiger partial charge on any atom is 0.344 e. The molecular formula is C23H25N3O5. The number of anilines is 1. The van der Waals surface area contributed by atoms with E-state index in [1.165, 1.54) is 4.68 Å². The molecule has 0 saturated carbocycles. The average molecular weight is 423 g/mol. The number of nitrogens with zero attached hydrogens (tertiary/aromatic N) is 2. The lowest BCUT2D eigenvalue weighted by atomic mass is 10.1. The molecule has 8 heteroatoms. The minimum absolute atomic E-state index is 0.138. The lowest BCUT2D eigenvalue weighted by Crippen LogP contribution is -2.27. The number of rotatable bonds is 7. The number of hydrogen-bond acceptors (Lipinski definition) is 5. The SMILES string of the molecule is Cc1ccc(C)c(OCC(=O)OCC(=O)Nc2c(C)n(C)n(-c3ccccc3)c2=O)c1. The van der Waals surface area contributed by atoms with Gasteiger partial charge in [-0.15, -0.1) is 0 Å². The van der Waals surface area contributed by atoms with E-state index in [-0.39, 0.29) is 17.9 Å². The summed E-state index contributed by atoms with van der Waals surface area (Å²) in [6.07, 6.45) is 0. The second-order valence-corrected chi connectivity index (χ2v) is 7.20. The summed E-state index contributed by atoms with van der Waals surface area (Å²) in [5.41, 5.74) is 2.92. The lowest BCUT2D eigenvalue weighted by molar-refractivity contribution is -0.149. The van der Waals surface area contributed by atoms with Crippen LogP contribution in [0, 0.1) is 20.8 Å². The van der Waals surface area contributed by atoms with Crippen LogP contribution in [-0.4, -0.2) is 34.5 Å². The molecule has 1 N–H and O–H groups in total. The number of aryl methyl sites for hydroxylation is 2. The molecule has 2 aromatic carbocycles. The second kappa shape index (κ2) is 9.34. The van der Waals surface area contributed by atoms with E-state index >= 15 is 0 Å².